The fourth-order valence-electron chi connectivity index (χ4n) is 2.10. The standard InChI is InChI=1S/C16H22O4/c1-13(19-12-15-9-5-6-10-18-15)16(17)20-11-14-7-3-2-4-8-14/h2-4,7-8,13,15H,5-6,9-12H2,1H3. The Morgan fingerprint density at radius 2 is 2.15 bits per heavy atom. The summed E-state index contributed by atoms with van der Waals surface area (Å²) in [5.74, 6) is -0.329. The highest BCUT2D eigenvalue weighted by Crippen LogP contribution is 2.13. The van der Waals surface area contributed by atoms with E-state index in [-0.39, 0.29) is 18.7 Å². The van der Waals surface area contributed by atoms with Crippen LogP contribution in [-0.2, 0) is 25.6 Å². The van der Waals surface area contributed by atoms with E-state index in [1.54, 1.807) is 6.92 Å². The first-order valence-corrected chi connectivity index (χ1v) is 7.19. The predicted molar refractivity (Wildman–Crippen MR) is 75.2 cm³/mol. The molecule has 1 aromatic carbocycles. The zero-order chi connectivity index (χ0) is 14.2. The maximum Gasteiger partial charge on any atom is 0.335 e. The summed E-state index contributed by atoms with van der Waals surface area (Å²) >= 11 is 0. The first kappa shape index (κ1) is 15.0. The third kappa shape index (κ3) is 4.94. The molecule has 0 aliphatic carbocycles. The smallest absolute Gasteiger partial charge is 0.335 e. The molecule has 1 fully saturated rings. The number of benzene rings is 1. The van der Waals surface area contributed by atoms with E-state index < -0.39 is 6.10 Å². The SMILES string of the molecule is CC(OCC1CCCCO1)C(=O)OCc1ccccc1. The lowest BCUT2D eigenvalue weighted by molar-refractivity contribution is -0.160. The topological polar surface area (TPSA) is 44.8 Å². The molecule has 2 unspecified atom stereocenters. The third-order valence-electron chi connectivity index (χ3n) is 3.36. The van der Waals surface area contributed by atoms with E-state index in [2.05, 4.69) is 0 Å². The molecule has 1 aromatic rings. The summed E-state index contributed by atoms with van der Waals surface area (Å²) in [6.45, 7) is 3.26. The number of carbonyl (C=O) groups excluding carboxylic acids is 1. The molecule has 2 rings (SSSR count). The molecule has 0 radical (unpaired) electrons. The summed E-state index contributed by atoms with van der Waals surface area (Å²) in [4.78, 5) is 11.8. The van der Waals surface area contributed by atoms with Gasteiger partial charge in [-0.3, -0.25) is 0 Å². The molecule has 2 atom stereocenters. The van der Waals surface area contributed by atoms with Gasteiger partial charge in [-0.25, -0.2) is 4.79 Å². The summed E-state index contributed by atoms with van der Waals surface area (Å²) in [7, 11) is 0. The van der Waals surface area contributed by atoms with Crippen LogP contribution in [0.1, 0.15) is 31.7 Å². The summed E-state index contributed by atoms with van der Waals surface area (Å²) in [6.07, 6.45) is 2.86. The molecule has 0 amide bonds. The summed E-state index contributed by atoms with van der Waals surface area (Å²) in [6, 6.07) is 9.62. The number of hydrogen-bond acceptors (Lipinski definition) is 4. The maximum absolute atomic E-state index is 11.8. The van der Waals surface area contributed by atoms with Gasteiger partial charge in [-0.2, -0.15) is 0 Å². The van der Waals surface area contributed by atoms with Crippen LogP contribution in [0.15, 0.2) is 30.3 Å². The van der Waals surface area contributed by atoms with Crippen LogP contribution in [0.4, 0.5) is 0 Å². The van der Waals surface area contributed by atoms with Crippen LogP contribution < -0.4 is 0 Å². The highest BCUT2D eigenvalue weighted by Gasteiger charge is 2.19. The van der Waals surface area contributed by atoms with E-state index in [1.807, 2.05) is 30.3 Å². The van der Waals surface area contributed by atoms with Gasteiger partial charge in [0.1, 0.15) is 6.61 Å². The largest absolute Gasteiger partial charge is 0.459 e. The van der Waals surface area contributed by atoms with Crippen molar-refractivity contribution in [3.63, 3.8) is 0 Å². The second kappa shape index (κ2) is 8.02. The van der Waals surface area contributed by atoms with Gasteiger partial charge in [-0.05, 0) is 31.7 Å². The maximum atomic E-state index is 11.8. The Morgan fingerprint density at radius 3 is 2.85 bits per heavy atom. The molecule has 20 heavy (non-hydrogen) atoms. The van der Waals surface area contributed by atoms with Crippen LogP contribution in [0.5, 0.6) is 0 Å². The lowest BCUT2D eigenvalue weighted by atomic mass is 10.1. The highest BCUT2D eigenvalue weighted by atomic mass is 16.6. The molecule has 0 N–H and O–H groups in total. The fraction of sp³-hybridized carbons (Fsp3) is 0.562. The zero-order valence-corrected chi connectivity index (χ0v) is 11.9. The average Bonchev–Trinajstić information content (AvgIpc) is 2.52. The molecule has 4 nitrogen and oxygen atoms in total. The van der Waals surface area contributed by atoms with Crippen molar-refractivity contribution in [2.45, 2.75) is 45.0 Å². The van der Waals surface area contributed by atoms with Gasteiger partial charge in [-0.1, -0.05) is 30.3 Å². The normalized spacial score (nSPS) is 20.4. The van der Waals surface area contributed by atoms with Crippen molar-refractivity contribution in [2.24, 2.45) is 0 Å². The van der Waals surface area contributed by atoms with Gasteiger partial charge in [0.05, 0.1) is 12.7 Å². The Kier molecular flexibility index (Phi) is 6.02. The van der Waals surface area contributed by atoms with Gasteiger partial charge in [0.2, 0.25) is 0 Å². The molecule has 0 spiro atoms. The van der Waals surface area contributed by atoms with Gasteiger partial charge in [0, 0.05) is 6.61 Å². The minimum absolute atomic E-state index is 0.119. The second-order valence-corrected chi connectivity index (χ2v) is 5.06. The molecule has 1 saturated heterocycles. The molecule has 4 heteroatoms. The quantitative estimate of drug-likeness (QED) is 0.751. The minimum atomic E-state index is -0.552. The summed E-state index contributed by atoms with van der Waals surface area (Å²) in [5, 5.41) is 0. The van der Waals surface area contributed by atoms with Gasteiger partial charge in [-0.15, -0.1) is 0 Å². The fourth-order valence-corrected chi connectivity index (χ4v) is 2.10. The third-order valence-corrected chi connectivity index (χ3v) is 3.36. The molecule has 1 aliphatic heterocycles. The monoisotopic (exact) mass is 278 g/mol. The van der Waals surface area contributed by atoms with Gasteiger partial charge in [0.15, 0.2) is 6.10 Å². The van der Waals surface area contributed by atoms with Crippen molar-refractivity contribution in [1.29, 1.82) is 0 Å². The molecule has 1 heterocycles. The number of hydrogen-bond donors (Lipinski definition) is 0. The molecule has 1 aliphatic rings. The van der Waals surface area contributed by atoms with Crippen molar-refractivity contribution in [3.05, 3.63) is 35.9 Å². The first-order chi connectivity index (χ1) is 9.75. The van der Waals surface area contributed by atoms with E-state index in [4.69, 9.17) is 14.2 Å². The highest BCUT2D eigenvalue weighted by molar-refractivity contribution is 5.74. The number of carbonyl (C=O) groups is 1. The Hall–Kier alpha value is -1.39. The van der Waals surface area contributed by atoms with Crippen LogP contribution in [0.25, 0.3) is 0 Å². The Balaban J connectivity index is 1.66. The van der Waals surface area contributed by atoms with Gasteiger partial charge < -0.3 is 14.2 Å². The van der Waals surface area contributed by atoms with Crippen molar-refractivity contribution in [3.8, 4) is 0 Å². The average molecular weight is 278 g/mol. The van der Waals surface area contributed by atoms with E-state index in [9.17, 15) is 4.79 Å². The molecular formula is C16H22O4. The number of esters is 1. The summed E-state index contributed by atoms with van der Waals surface area (Å²) < 4.78 is 16.3. The van der Waals surface area contributed by atoms with Crippen LogP contribution in [0.3, 0.4) is 0 Å². The second-order valence-electron chi connectivity index (χ2n) is 5.06. The van der Waals surface area contributed by atoms with Crippen LogP contribution in [-0.4, -0.2) is 31.4 Å². The van der Waals surface area contributed by atoms with E-state index in [0.29, 0.717) is 6.61 Å². The summed E-state index contributed by atoms with van der Waals surface area (Å²) in [5.41, 5.74) is 0.976. The number of ether oxygens (including phenoxy) is 3. The minimum Gasteiger partial charge on any atom is -0.459 e. The van der Waals surface area contributed by atoms with E-state index in [1.165, 1.54) is 6.42 Å². The van der Waals surface area contributed by atoms with Crippen LogP contribution >= 0.6 is 0 Å². The lowest BCUT2D eigenvalue weighted by Gasteiger charge is -2.23. The van der Waals surface area contributed by atoms with E-state index >= 15 is 0 Å². The molecular weight excluding hydrogens is 256 g/mol. The van der Waals surface area contributed by atoms with E-state index in [0.717, 1.165) is 25.0 Å². The van der Waals surface area contributed by atoms with Crippen molar-refractivity contribution in [1.82, 2.24) is 0 Å². The van der Waals surface area contributed by atoms with Gasteiger partial charge >= 0.3 is 5.97 Å². The molecule has 0 saturated carbocycles. The van der Waals surface area contributed by atoms with Crippen LogP contribution in [0.2, 0.25) is 0 Å². The predicted octanol–water partition coefficient (Wildman–Crippen LogP) is 2.70. The lowest BCUT2D eigenvalue weighted by Crippen LogP contribution is -2.30. The number of rotatable bonds is 6. The Bertz CT molecular complexity index is 398. The Labute approximate surface area is 120 Å². The molecule has 0 bridgehead atoms. The van der Waals surface area contributed by atoms with Crippen molar-refractivity contribution >= 4 is 5.97 Å². The zero-order valence-electron chi connectivity index (χ0n) is 11.9. The first-order valence-electron chi connectivity index (χ1n) is 7.19. The Morgan fingerprint density at radius 1 is 1.35 bits per heavy atom. The van der Waals surface area contributed by atoms with Gasteiger partial charge in [0.25, 0.3) is 0 Å². The molecule has 0 aromatic heterocycles. The molecule has 110 valence electrons. The van der Waals surface area contributed by atoms with Crippen LogP contribution in [0, 0.1) is 0 Å². The van der Waals surface area contributed by atoms with Crippen molar-refractivity contribution < 1.29 is 19.0 Å². The van der Waals surface area contributed by atoms with Crippen molar-refractivity contribution in [2.75, 3.05) is 13.2 Å².